The van der Waals surface area contributed by atoms with Crippen molar-refractivity contribution in [3.05, 3.63) is 33.2 Å². The molecular formula is C9H5F3INO2. The first-order chi connectivity index (χ1) is 7.30. The van der Waals surface area contributed by atoms with E-state index in [-0.39, 0.29) is 9.26 Å². The molecule has 3 nitrogen and oxygen atoms in total. The van der Waals surface area contributed by atoms with E-state index in [9.17, 15) is 18.0 Å². The Morgan fingerprint density at radius 3 is 2.56 bits per heavy atom. The molecule has 0 aliphatic heterocycles. The van der Waals surface area contributed by atoms with Gasteiger partial charge in [0, 0.05) is 9.65 Å². The number of aliphatic carboxylic acids is 1. The number of carboxylic acids is 1. The number of aromatic nitrogens is 1. The van der Waals surface area contributed by atoms with Crippen LogP contribution in [0.2, 0.25) is 0 Å². The number of nitrogens with zero attached hydrogens (tertiary/aromatic N) is 1. The average Bonchev–Trinajstić information content (AvgIpc) is 2.14. The molecule has 0 fully saturated rings. The van der Waals surface area contributed by atoms with Crippen LogP contribution in [0.25, 0.3) is 6.08 Å². The molecule has 86 valence electrons. The number of halogens is 4. The molecule has 0 amide bonds. The molecule has 0 saturated heterocycles. The van der Waals surface area contributed by atoms with Gasteiger partial charge in [-0.15, -0.1) is 0 Å². The van der Waals surface area contributed by atoms with Gasteiger partial charge in [-0.05, 0) is 40.8 Å². The lowest BCUT2D eigenvalue weighted by atomic mass is 10.3. The lowest BCUT2D eigenvalue weighted by Gasteiger charge is -2.08. The standard InChI is InChI=1S/C9H5F3INO2/c10-9(11,12)8-6(13)3-1-5(14-8)2-4-7(15)16/h1-4H,(H,15,16)/b4-2+. The monoisotopic (exact) mass is 343 g/mol. The SMILES string of the molecule is O=C(O)/C=C/c1ccc(I)c(C(F)(F)F)n1. The quantitative estimate of drug-likeness (QED) is 0.664. The first kappa shape index (κ1) is 12.9. The molecule has 1 N–H and O–H groups in total. The summed E-state index contributed by atoms with van der Waals surface area (Å²) < 4.78 is 37.2. The highest BCUT2D eigenvalue weighted by atomic mass is 127. The fraction of sp³-hybridized carbons (Fsp3) is 0.111. The van der Waals surface area contributed by atoms with Crippen molar-refractivity contribution in [3.8, 4) is 0 Å². The molecule has 1 heterocycles. The van der Waals surface area contributed by atoms with Crippen LogP contribution in [0.1, 0.15) is 11.4 Å². The predicted octanol–water partition coefficient (Wildman–Crippen LogP) is 2.80. The molecule has 0 radical (unpaired) electrons. The molecule has 0 aliphatic carbocycles. The maximum absolute atomic E-state index is 12.4. The Balaban J connectivity index is 3.13. The maximum Gasteiger partial charge on any atom is 0.434 e. The zero-order valence-corrected chi connectivity index (χ0v) is 9.78. The summed E-state index contributed by atoms with van der Waals surface area (Å²) in [5.74, 6) is -1.24. The van der Waals surface area contributed by atoms with E-state index in [1.54, 1.807) is 0 Å². The third kappa shape index (κ3) is 3.47. The van der Waals surface area contributed by atoms with Crippen LogP contribution in [0.5, 0.6) is 0 Å². The zero-order chi connectivity index (χ0) is 12.3. The van der Waals surface area contributed by atoms with E-state index in [4.69, 9.17) is 5.11 Å². The summed E-state index contributed by atoms with van der Waals surface area (Å²) in [7, 11) is 0. The van der Waals surface area contributed by atoms with Gasteiger partial charge < -0.3 is 5.11 Å². The second-order valence-corrected chi connectivity index (χ2v) is 3.90. The minimum absolute atomic E-state index is 0.0300. The van der Waals surface area contributed by atoms with Crippen LogP contribution in [0.3, 0.4) is 0 Å². The molecule has 16 heavy (non-hydrogen) atoms. The molecule has 0 atom stereocenters. The van der Waals surface area contributed by atoms with Crippen LogP contribution >= 0.6 is 22.6 Å². The highest BCUT2D eigenvalue weighted by molar-refractivity contribution is 14.1. The van der Waals surface area contributed by atoms with Gasteiger partial charge in [0.1, 0.15) is 0 Å². The van der Waals surface area contributed by atoms with Gasteiger partial charge >= 0.3 is 12.1 Å². The summed E-state index contributed by atoms with van der Waals surface area (Å²) in [6.07, 6.45) is -2.80. The van der Waals surface area contributed by atoms with Crippen molar-refractivity contribution in [2.24, 2.45) is 0 Å². The van der Waals surface area contributed by atoms with E-state index < -0.39 is 17.8 Å². The number of pyridine rings is 1. The molecule has 1 rings (SSSR count). The van der Waals surface area contributed by atoms with Crippen LogP contribution < -0.4 is 0 Å². The second-order valence-electron chi connectivity index (χ2n) is 2.74. The highest BCUT2D eigenvalue weighted by Crippen LogP contribution is 2.31. The summed E-state index contributed by atoms with van der Waals surface area (Å²) in [6, 6.07) is 2.55. The Morgan fingerprint density at radius 1 is 1.44 bits per heavy atom. The topological polar surface area (TPSA) is 50.2 Å². The van der Waals surface area contributed by atoms with Crippen molar-refractivity contribution in [1.82, 2.24) is 4.98 Å². The molecule has 1 aromatic rings. The Hall–Kier alpha value is -1.12. The molecule has 1 aromatic heterocycles. The van der Waals surface area contributed by atoms with Gasteiger partial charge in [0.15, 0.2) is 5.69 Å². The first-order valence-corrected chi connectivity index (χ1v) is 5.03. The second kappa shape index (κ2) is 4.81. The van der Waals surface area contributed by atoms with Crippen LogP contribution in [0.4, 0.5) is 13.2 Å². The van der Waals surface area contributed by atoms with Crippen molar-refractivity contribution < 1.29 is 23.1 Å². The molecule has 0 spiro atoms. The maximum atomic E-state index is 12.4. The van der Waals surface area contributed by atoms with Crippen molar-refractivity contribution in [2.45, 2.75) is 6.18 Å². The van der Waals surface area contributed by atoms with E-state index >= 15 is 0 Å². The summed E-state index contributed by atoms with van der Waals surface area (Å²) >= 11 is 1.52. The van der Waals surface area contributed by atoms with Crippen molar-refractivity contribution in [1.29, 1.82) is 0 Å². The van der Waals surface area contributed by atoms with Gasteiger partial charge in [0.05, 0.1) is 5.69 Å². The zero-order valence-electron chi connectivity index (χ0n) is 7.62. The van der Waals surface area contributed by atoms with Gasteiger partial charge in [0.25, 0.3) is 0 Å². The molecule has 0 unspecified atom stereocenters. The van der Waals surface area contributed by atoms with Gasteiger partial charge in [0.2, 0.25) is 0 Å². The molecule has 0 saturated carbocycles. The number of hydrogen-bond acceptors (Lipinski definition) is 2. The third-order valence-corrected chi connectivity index (χ3v) is 2.40. The number of carboxylic acid groups (broad SMARTS) is 1. The van der Waals surface area contributed by atoms with Crippen LogP contribution in [0.15, 0.2) is 18.2 Å². The largest absolute Gasteiger partial charge is 0.478 e. The minimum Gasteiger partial charge on any atom is -0.478 e. The number of hydrogen-bond donors (Lipinski definition) is 1. The average molecular weight is 343 g/mol. The van der Waals surface area contributed by atoms with Crippen molar-refractivity contribution in [3.63, 3.8) is 0 Å². The minimum atomic E-state index is -4.54. The summed E-state index contributed by atoms with van der Waals surface area (Å²) in [6.45, 7) is 0. The highest BCUT2D eigenvalue weighted by Gasteiger charge is 2.34. The van der Waals surface area contributed by atoms with E-state index in [1.165, 1.54) is 34.7 Å². The lowest BCUT2D eigenvalue weighted by Crippen LogP contribution is -2.11. The molecular weight excluding hydrogens is 338 g/mol. The van der Waals surface area contributed by atoms with E-state index in [0.29, 0.717) is 0 Å². The lowest BCUT2D eigenvalue weighted by molar-refractivity contribution is -0.142. The smallest absolute Gasteiger partial charge is 0.434 e. The number of rotatable bonds is 2. The Kier molecular flexibility index (Phi) is 3.89. The molecule has 7 heteroatoms. The summed E-state index contributed by atoms with van der Waals surface area (Å²) in [5, 5.41) is 8.32. The summed E-state index contributed by atoms with van der Waals surface area (Å²) in [4.78, 5) is 13.5. The van der Waals surface area contributed by atoms with Crippen LogP contribution in [0, 0.1) is 3.57 Å². The fourth-order valence-corrected chi connectivity index (χ4v) is 1.51. The predicted molar refractivity (Wildman–Crippen MR) is 58.6 cm³/mol. The van der Waals surface area contributed by atoms with Crippen molar-refractivity contribution in [2.75, 3.05) is 0 Å². The molecule has 0 bridgehead atoms. The molecule has 0 aliphatic rings. The van der Waals surface area contributed by atoms with Crippen LogP contribution in [-0.2, 0) is 11.0 Å². The van der Waals surface area contributed by atoms with Crippen LogP contribution in [-0.4, -0.2) is 16.1 Å². The Bertz CT molecular complexity index is 443. The fourth-order valence-electron chi connectivity index (χ4n) is 0.906. The number of carbonyl (C=O) groups is 1. The van der Waals surface area contributed by atoms with Gasteiger partial charge in [-0.25, -0.2) is 9.78 Å². The summed E-state index contributed by atoms with van der Waals surface area (Å²) in [5.41, 5.74) is -1.06. The van der Waals surface area contributed by atoms with E-state index in [1.807, 2.05) is 0 Å². The third-order valence-electron chi connectivity index (χ3n) is 1.53. The first-order valence-electron chi connectivity index (χ1n) is 3.95. The Labute approximate surface area is 102 Å². The van der Waals surface area contributed by atoms with Crippen molar-refractivity contribution >= 4 is 34.6 Å². The van der Waals surface area contributed by atoms with E-state index in [0.717, 1.165) is 12.2 Å². The normalized spacial score (nSPS) is 12.0. The van der Waals surface area contributed by atoms with Gasteiger partial charge in [-0.3, -0.25) is 0 Å². The number of alkyl halides is 3. The van der Waals surface area contributed by atoms with E-state index in [2.05, 4.69) is 4.98 Å². The van der Waals surface area contributed by atoms with Gasteiger partial charge in [-0.2, -0.15) is 13.2 Å². The van der Waals surface area contributed by atoms with Gasteiger partial charge in [-0.1, -0.05) is 0 Å². The Morgan fingerprint density at radius 2 is 2.06 bits per heavy atom. The molecule has 0 aromatic carbocycles.